The Morgan fingerprint density at radius 2 is 1.68 bits per heavy atom. The molecule has 0 N–H and O–H groups in total. The zero-order valence-electron chi connectivity index (χ0n) is 12.8. The molecule has 6 nitrogen and oxygen atoms in total. The van der Waals surface area contributed by atoms with E-state index in [0.717, 1.165) is 11.3 Å². The van der Waals surface area contributed by atoms with Crippen LogP contribution in [0.1, 0.15) is 5.56 Å². The van der Waals surface area contributed by atoms with Crippen molar-refractivity contribution in [1.29, 1.82) is 0 Å². The lowest BCUT2D eigenvalue weighted by Gasteiger charge is -2.20. The summed E-state index contributed by atoms with van der Waals surface area (Å²) >= 11 is 0. The fourth-order valence-corrected chi connectivity index (χ4v) is 2.15. The van der Waals surface area contributed by atoms with Gasteiger partial charge in [0.15, 0.2) is 11.5 Å². The van der Waals surface area contributed by atoms with Gasteiger partial charge in [0.1, 0.15) is 0 Å². The van der Waals surface area contributed by atoms with Crippen LogP contribution in [0, 0.1) is 10.1 Å². The Morgan fingerprint density at radius 3 is 2.23 bits per heavy atom. The van der Waals surface area contributed by atoms with Gasteiger partial charge in [0.05, 0.1) is 19.1 Å². The SMILES string of the molecule is COc1ccc(N(C)Cc2ccc([N+](=O)[O-])cc2)cc1OC. The molecule has 0 saturated carbocycles. The molecule has 0 radical (unpaired) electrons. The standard InChI is InChI=1S/C16H18N2O4/c1-17(11-12-4-6-13(7-5-12)18(19)20)14-8-9-15(21-2)16(10-14)22-3/h4-10H,11H2,1-3H3. The Balaban J connectivity index is 2.14. The number of nitro benzene ring substituents is 1. The molecule has 0 atom stereocenters. The number of methoxy groups -OCH3 is 2. The molecule has 0 aliphatic rings. The van der Waals surface area contributed by atoms with Gasteiger partial charge in [-0.2, -0.15) is 0 Å². The predicted octanol–water partition coefficient (Wildman–Crippen LogP) is 3.25. The molecule has 2 aromatic rings. The number of hydrogen-bond acceptors (Lipinski definition) is 5. The van der Waals surface area contributed by atoms with E-state index in [9.17, 15) is 10.1 Å². The summed E-state index contributed by atoms with van der Waals surface area (Å²) in [5, 5.41) is 10.7. The molecule has 0 fully saturated rings. The van der Waals surface area contributed by atoms with Crippen molar-refractivity contribution >= 4 is 11.4 Å². The maximum atomic E-state index is 10.7. The average Bonchev–Trinajstić information content (AvgIpc) is 2.54. The second-order valence-corrected chi connectivity index (χ2v) is 4.82. The Morgan fingerprint density at radius 1 is 1.05 bits per heavy atom. The van der Waals surface area contributed by atoms with Gasteiger partial charge < -0.3 is 14.4 Å². The van der Waals surface area contributed by atoms with Crippen molar-refractivity contribution < 1.29 is 14.4 Å². The highest BCUT2D eigenvalue weighted by molar-refractivity contribution is 5.56. The fourth-order valence-electron chi connectivity index (χ4n) is 2.15. The number of ether oxygens (including phenoxy) is 2. The molecule has 0 aliphatic carbocycles. The Hall–Kier alpha value is -2.76. The molecule has 0 saturated heterocycles. The molecule has 0 aliphatic heterocycles. The number of hydrogen-bond donors (Lipinski definition) is 0. The molecule has 22 heavy (non-hydrogen) atoms. The van der Waals surface area contributed by atoms with Crippen LogP contribution in [0.25, 0.3) is 0 Å². The normalized spacial score (nSPS) is 10.1. The van der Waals surface area contributed by atoms with Crippen molar-refractivity contribution in [2.75, 3.05) is 26.2 Å². The fraction of sp³-hybridized carbons (Fsp3) is 0.250. The molecule has 0 bridgehead atoms. The molecule has 0 unspecified atom stereocenters. The van der Waals surface area contributed by atoms with Gasteiger partial charge in [-0.25, -0.2) is 0 Å². The molecule has 116 valence electrons. The van der Waals surface area contributed by atoms with Gasteiger partial charge in [-0.3, -0.25) is 10.1 Å². The first-order valence-electron chi connectivity index (χ1n) is 6.71. The summed E-state index contributed by atoms with van der Waals surface area (Å²) in [7, 11) is 5.14. The predicted molar refractivity (Wildman–Crippen MR) is 84.7 cm³/mol. The second-order valence-electron chi connectivity index (χ2n) is 4.82. The van der Waals surface area contributed by atoms with E-state index < -0.39 is 4.92 Å². The minimum Gasteiger partial charge on any atom is -0.493 e. The summed E-state index contributed by atoms with van der Waals surface area (Å²) in [5.74, 6) is 1.34. The smallest absolute Gasteiger partial charge is 0.269 e. The van der Waals surface area contributed by atoms with Crippen molar-refractivity contribution in [1.82, 2.24) is 0 Å². The van der Waals surface area contributed by atoms with Crippen molar-refractivity contribution in [3.8, 4) is 11.5 Å². The van der Waals surface area contributed by atoms with E-state index in [2.05, 4.69) is 0 Å². The van der Waals surface area contributed by atoms with Gasteiger partial charge in [-0.15, -0.1) is 0 Å². The lowest BCUT2D eigenvalue weighted by molar-refractivity contribution is -0.384. The van der Waals surface area contributed by atoms with Crippen LogP contribution in [0.15, 0.2) is 42.5 Å². The number of rotatable bonds is 6. The first-order valence-corrected chi connectivity index (χ1v) is 6.71. The highest BCUT2D eigenvalue weighted by Gasteiger charge is 2.09. The van der Waals surface area contributed by atoms with E-state index in [1.54, 1.807) is 26.4 Å². The molecule has 0 amide bonds. The minimum atomic E-state index is -0.401. The summed E-state index contributed by atoms with van der Waals surface area (Å²) in [6, 6.07) is 12.2. The Bertz CT molecular complexity index is 656. The van der Waals surface area contributed by atoms with Crippen LogP contribution >= 0.6 is 0 Å². The molecule has 2 aromatic carbocycles. The van der Waals surface area contributed by atoms with E-state index in [0.29, 0.717) is 18.0 Å². The van der Waals surface area contributed by atoms with Crippen LogP contribution in [0.3, 0.4) is 0 Å². The molecular formula is C16H18N2O4. The third-order valence-corrected chi connectivity index (χ3v) is 3.37. The quantitative estimate of drug-likeness (QED) is 0.605. The topological polar surface area (TPSA) is 64.8 Å². The van der Waals surface area contributed by atoms with Gasteiger partial charge in [0, 0.05) is 37.5 Å². The molecule has 0 spiro atoms. The zero-order chi connectivity index (χ0) is 16.1. The van der Waals surface area contributed by atoms with Gasteiger partial charge >= 0.3 is 0 Å². The van der Waals surface area contributed by atoms with Crippen molar-refractivity contribution in [2.24, 2.45) is 0 Å². The maximum absolute atomic E-state index is 10.7. The van der Waals surface area contributed by atoms with E-state index in [4.69, 9.17) is 9.47 Å². The van der Waals surface area contributed by atoms with Crippen LogP contribution in [-0.2, 0) is 6.54 Å². The van der Waals surface area contributed by atoms with Crippen molar-refractivity contribution in [3.63, 3.8) is 0 Å². The van der Waals surface area contributed by atoms with Crippen LogP contribution in [0.2, 0.25) is 0 Å². The molecular weight excluding hydrogens is 284 g/mol. The van der Waals surface area contributed by atoms with E-state index in [-0.39, 0.29) is 5.69 Å². The molecule has 0 aromatic heterocycles. The summed E-state index contributed by atoms with van der Waals surface area (Å²) in [5.41, 5.74) is 2.05. The van der Waals surface area contributed by atoms with Crippen molar-refractivity contribution in [3.05, 3.63) is 58.1 Å². The van der Waals surface area contributed by atoms with Crippen LogP contribution in [0.4, 0.5) is 11.4 Å². The number of benzene rings is 2. The van der Waals surface area contributed by atoms with Crippen LogP contribution in [0.5, 0.6) is 11.5 Å². The number of nitro groups is 1. The highest BCUT2D eigenvalue weighted by atomic mass is 16.6. The van der Waals surface area contributed by atoms with Gasteiger partial charge in [-0.1, -0.05) is 12.1 Å². The van der Waals surface area contributed by atoms with Crippen LogP contribution in [-0.4, -0.2) is 26.2 Å². The van der Waals surface area contributed by atoms with Crippen LogP contribution < -0.4 is 14.4 Å². The molecule has 2 rings (SSSR count). The number of non-ortho nitro benzene ring substituents is 1. The van der Waals surface area contributed by atoms with E-state index >= 15 is 0 Å². The van der Waals surface area contributed by atoms with Gasteiger partial charge in [0.2, 0.25) is 0 Å². The number of nitrogens with zero attached hydrogens (tertiary/aromatic N) is 2. The molecule has 0 heterocycles. The third-order valence-electron chi connectivity index (χ3n) is 3.37. The monoisotopic (exact) mass is 302 g/mol. The second kappa shape index (κ2) is 6.80. The van der Waals surface area contributed by atoms with E-state index in [1.165, 1.54) is 12.1 Å². The zero-order valence-corrected chi connectivity index (χ0v) is 12.8. The first kappa shape index (κ1) is 15.6. The lowest BCUT2D eigenvalue weighted by Crippen LogP contribution is -2.16. The minimum absolute atomic E-state index is 0.0949. The molecule has 6 heteroatoms. The van der Waals surface area contributed by atoms with Crippen molar-refractivity contribution in [2.45, 2.75) is 6.54 Å². The summed E-state index contributed by atoms with van der Waals surface area (Å²) < 4.78 is 10.5. The van der Waals surface area contributed by atoms with E-state index in [1.807, 2.05) is 30.1 Å². The summed E-state index contributed by atoms with van der Waals surface area (Å²) in [6.07, 6.45) is 0. The lowest BCUT2D eigenvalue weighted by atomic mass is 10.2. The highest BCUT2D eigenvalue weighted by Crippen LogP contribution is 2.31. The average molecular weight is 302 g/mol. The Kier molecular flexibility index (Phi) is 4.83. The maximum Gasteiger partial charge on any atom is 0.269 e. The van der Waals surface area contributed by atoms with Gasteiger partial charge in [0.25, 0.3) is 5.69 Å². The van der Waals surface area contributed by atoms with Gasteiger partial charge in [-0.05, 0) is 17.7 Å². The largest absolute Gasteiger partial charge is 0.493 e. The summed E-state index contributed by atoms with van der Waals surface area (Å²) in [6.45, 7) is 0.632. The first-order chi connectivity index (χ1) is 10.5. The number of anilines is 1. The Labute approximate surface area is 129 Å². The summed E-state index contributed by atoms with van der Waals surface area (Å²) in [4.78, 5) is 12.3. The third kappa shape index (κ3) is 3.46.